The van der Waals surface area contributed by atoms with Crippen molar-refractivity contribution in [2.45, 2.75) is 20.0 Å². The zero-order valence-corrected chi connectivity index (χ0v) is 13.2. The molecule has 0 saturated heterocycles. The highest BCUT2D eigenvalue weighted by Crippen LogP contribution is 2.20. The number of carbonyl (C=O) groups excluding carboxylic acids is 1. The Hall–Kier alpha value is -1.92. The van der Waals surface area contributed by atoms with E-state index in [9.17, 15) is 14.3 Å². The molecule has 0 aliphatic rings. The summed E-state index contributed by atoms with van der Waals surface area (Å²) in [6.07, 6.45) is -0.837. The third kappa shape index (κ3) is 4.54. The molecule has 2 N–H and O–H groups in total. The van der Waals surface area contributed by atoms with Gasteiger partial charge < -0.3 is 15.2 Å². The number of benzene rings is 1. The van der Waals surface area contributed by atoms with Gasteiger partial charge in [0, 0.05) is 11.4 Å². The summed E-state index contributed by atoms with van der Waals surface area (Å²) in [6, 6.07) is 7.36. The molecule has 0 fully saturated rings. The van der Waals surface area contributed by atoms with Gasteiger partial charge in [-0.3, -0.25) is 4.79 Å². The molecule has 1 aromatic carbocycles. The first-order valence-electron chi connectivity index (χ1n) is 6.87. The highest BCUT2D eigenvalue weighted by molar-refractivity contribution is 7.14. The molecule has 2 rings (SSSR count). The molecule has 2 aromatic rings. The van der Waals surface area contributed by atoms with Crippen LogP contribution in [0.2, 0.25) is 0 Å². The standard InChI is InChI=1S/C16H18FNO3S/c1-10-7-15(22-11(10)2)16(20)18-8-13(19)9-21-14-5-3-12(17)4-6-14/h3-7,13,19H,8-9H2,1-2H3,(H,18,20). The number of nitrogens with one attached hydrogen (secondary N) is 1. The second-order valence-corrected chi connectivity index (χ2v) is 6.23. The molecule has 0 saturated carbocycles. The molecule has 0 spiro atoms. The number of amides is 1. The molecular formula is C16H18FNO3S. The van der Waals surface area contributed by atoms with Crippen LogP contribution in [0.25, 0.3) is 0 Å². The third-order valence-corrected chi connectivity index (χ3v) is 4.30. The number of thiophene rings is 1. The van der Waals surface area contributed by atoms with E-state index in [0.717, 1.165) is 10.4 Å². The summed E-state index contributed by atoms with van der Waals surface area (Å²) in [6.45, 7) is 4.03. The van der Waals surface area contributed by atoms with E-state index in [2.05, 4.69) is 5.32 Å². The van der Waals surface area contributed by atoms with Crippen molar-refractivity contribution in [1.82, 2.24) is 5.32 Å². The average Bonchev–Trinajstić information content (AvgIpc) is 2.84. The van der Waals surface area contributed by atoms with Crippen LogP contribution >= 0.6 is 11.3 Å². The Morgan fingerprint density at radius 2 is 2.05 bits per heavy atom. The Balaban J connectivity index is 1.76. The summed E-state index contributed by atoms with van der Waals surface area (Å²) in [7, 11) is 0. The van der Waals surface area contributed by atoms with Crippen LogP contribution in [0.1, 0.15) is 20.1 Å². The van der Waals surface area contributed by atoms with Gasteiger partial charge in [-0.1, -0.05) is 0 Å². The van der Waals surface area contributed by atoms with Crippen LogP contribution in [-0.2, 0) is 0 Å². The number of carbonyl (C=O) groups is 1. The normalized spacial score (nSPS) is 12.0. The fourth-order valence-electron chi connectivity index (χ4n) is 1.76. The highest BCUT2D eigenvalue weighted by atomic mass is 32.1. The third-order valence-electron chi connectivity index (χ3n) is 3.14. The van der Waals surface area contributed by atoms with E-state index in [0.29, 0.717) is 10.6 Å². The molecule has 1 heterocycles. The maximum absolute atomic E-state index is 12.7. The lowest BCUT2D eigenvalue weighted by atomic mass is 10.3. The Morgan fingerprint density at radius 3 is 2.64 bits per heavy atom. The fourth-order valence-corrected chi connectivity index (χ4v) is 2.72. The number of aryl methyl sites for hydroxylation is 2. The molecule has 1 amide bonds. The van der Waals surface area contributed by atoms with Crippen molar-refractivity contribution in [3.8, 4) is 5.75 Å². The quantitative estimate of drug-likeness (QED) is 0.859. The lowest BCUT2D eigenvalue weighted by Crippen LogP contribution is -2.35. The summed E-state index contributed by atoms with van der Waals surface area (Å²) < 4.78 is 18.1. The van der Waals surface area contributed by atoms with Crippen LogP contribution < -0.4 is 10.1 Å². The molecule has 1 atom stereocenters. The number of hydrogen-bond acceptors (Lipinski definition) is 4. The van der Waals surface area contributed by atoms with Crippen LogP contribution in [0.3, 0.4) is 0 Å². The minimum atomic E-state index is -0.837. The Kier molecular flexibility index (Phi) is 5.51. The molecule has 4 nitrogen and oxygen atoms in total. The monoisotopic (exact) mass is 323 g/mol. The van der Waals surface area contributed by atoms with Gasteiger partial charge in [-0.15, -0.1) is 11.3 Å². The molecule has 6 heteroatoms. The molecule has 22 heavy (non-hydrogen) atoms. The highest BCUT2D eigenvalue weighted by Gasteiger charge is 2.12. The van der Waals surface area contributed by atoms with Gasteiger partial charge in [0.15, 0.2) is 0 Å². The first kappa shape index (κ1) is 16.5. The minimum absolute atomic E-state index is 0.0222. The lowest BCUT2D eigenvalue weighted by molar-refractivity contribution is 0.0846. The van der Waals surface area contributed by atoms with E-state index in [-0.39, 0.29) is 24.9 Å². The molecule has 0 aliphatic carbocycles. The van der Waals surface area contributed by atoms with Gasteiger partial charge in [-0.2, -0.15) is 0 Å². The van der Waals surface area contributed by atoms with Crippen molar-refractivity contribution in [3.05, 3.63) is 51.5 Å². The summed E-state index contributed by atoms with van der Waals surface area (Å²) in [4.78, 5) is 13.7. The van der Waals surface area contributed by atoms with E-state index in [1.165, 1.54) is 35.6 Å². The fraction of sp³-hybridized carbons (Fsp3) is 0.312. The second kappa shape index (κ2) is 7.38. The van der Waals surface area contributed by atoms with E-state index in [1.54, 1.807) is 0 Å². The van der Waals surface area contributed by atoms with Crippen LogP contribution in [0.15, 0.2) is 30.3 Å². The number of ether oxygens (including phenoxy) is 1. The predicted molar refractivity (Wildman–Crippen MR) is 84.0 cm³/mol. The van der Waals surface area contributed by atoms with Gasteiger partial charge >= 0.3 is 0 Å². The van der Waals surface area contributed by atoms with Gasteiger partial charge in [0.1, 0.15) is 24.3 Å². The van der Waals surface area contributed by atoms with E-state index < -0.39 is 6.10 Å². The van der Waals surface area contributed by atoms with E-state index in [1.807, 2.05) is 19.9 Å². The van der Waals surface area contributed by atoms with Gasteiger partial charge in [0.2, 0.25) is 0 Å². The number of halogens is 1. The lowest BCUT2D eigenvalue weighted by Gasteiger charge is -2.13. The maximum Gasteiger partial charge on any atom is 0.261 e. The molecule has 1 unspecified atom stereocenters. The molecular weight excluding hydrogens is 305 g/mol. The Labute approximate surface area is 132 Å². The number of aliphatic hydroxyl groups excluding tert-OH is 1. The van der Waals surface area contributed by atoms with Crippen LogP contribution in [0, 0.1) is 19.7 Å². The number of aliphatic hydroxyl groups is 1. The molecule has 0 bridgehead atoms. The first-order valence-corrected chi connectivity index (χ1v) is 7.69. The number of hydrogen-bond donors (Lipinski definition) is 2. The average molecular weight is 323 g/mol. The van der Waals surface area contributed by atoms with E-state index in [4.69, 9.17) is 4.74 Å². The van der Waals surface area contributed by atoms with Crippen molar-refractivity contribution in [1.29, 1.82) is 0 Å². The van der Waals surface area contributed by atoms with Crippen LogP contribution in [-0.4, -0.2) is 30.3 Å². The second-order valence-electron chi connectivity index (χ2n) is 4.98. The van der Waals surface area contributed by atoms with Crippen molar-refractivity contribution in [2.75, 3.05) is 13.2 Å². The van der Waals surface area contributed by atoms with Crippen LogP contribution in [0.4, 0.5) is 4.39 Å². The zero-order valence-electron chi connectivity index (χ0n) is 12.4. The number of rotatable bonds is 6. The predicted octanol–water partition coefficient (Wildman–Crippen LogP) is 2.67. The summed E-state index contributed by atoms with van der Waals surface area (Å²) in [5, 5.41) is 12.5. The van der Waals surface area contributed by atoms with Gasteiger partial charge in [-0.25, -0.2) is 4.39 Å². The topological polar surface area (TPSA) is 58.6 Å². The molecule has 1 aromatic heterocycles. The SMILES string of the molecule is Cc1cc(C(=O)NCC(O)COc2ccc(F)cc2)sc1C. The Bertz CT molecular complexity index is 620. The zero-order chi connectivity index (χ0) is 16.1. The van der Waals surface area contributed by atoms with Crippen molar-refractivity contribution < 1.29 is 19.0 Å². The summed E-state index contributed by atoms with van der Waals surface area (Å²) in [5.41, 5.74) is 1.08. The molecule has 0 aliphatic heterocycles. The molecule has 0 radical (unpaired) electrons. The maximum atomic E-state index is 12.7. The van der Waals surface area contributed by atoms with E-state index >= 15 is 0 Å². The van der Waals surface area contributed by atoms with Crippen LogP contribution in [0.5, 0.6) is 5.75 Å². The largest absolute Gasteiger partial charge is 0.491 e. The van der Waals surface area contributed by atoms with Gasteiger partial charge in [0.05, 0.1) is 4.88 Å². The van der Waals surface area contributed by atoms with Gasteiger partial charge in [0.25, 0.3) is 5.91 Å². The first-order chi connectivity index (χ1) is 10.5. The van der Waals surface area contributed by atoms with Crippen molar-refractivity contribution in [2.24, 2.45) is 0 Å². The minimum Gasteiger partial charge on any atom is -0.491 e. The summed E-state index contributed by atoms with van der Waals surface area (Å²) >= 11 is 1.43. The van der Waals surface area contributed by atoms with Crippen molar-refractivity contribution in [3.63, 3.8) is 0 Å². The van der Waals surface area contributed by atoms with Gasteiger partial charge in [-0.05, 0) is 49.7 Å². The Morgan fingerprint density at radius 1 is 1.36 bits per heavy atom. The smallest absolute Gasteiger partial charge is 0.261 e. The van der Waals surface area contributed by atoms with Crippen molar-refractivity contribution >= 4 is 17.2 Å². The molecule has 118 valence electrons. The summed E-state index contributed by atoms with van der Waals surface area (Å²) in [5.74, 6) is -0.0833.